The van der Waals surface area contributed by atoms with Crippen LogP contribution in [0.3, 0.4) is 0 Å². The summed E-state index contributed by atoms with van der Waals surface area (Å²) in [6, 6.07) is 4.44. The van der Waals surface area contributed by atoms with Gasteiger partial charge in [-0.15, -0.1) is 0 Å². The van der Waals surface area contributed by atoms with Gasteiger partial charge in [-0.25, -0.2) is 0 Å². The highest BCUT2D eigenvalue weighted by molar-refractivity contribution is 9.10. The van der Waals surface area contributed by atoms with E-state index in [2.05, 4.69) is 21.2 Å². The standard InChI is InChI=1S/C10H13BrN2O3/c1-16-6-2-3-7(11)9(4-6)13-5-8(12)10(14)15/h2-4,8,13H,5,12H2,1H3,(H,14,15). The van der Waals surface area contributed by atoms with Gasteiger partial charge in [0, 0.05) is 17.1 Å². The van der Waals surface area contributed by atoms with Crippen LogP contribution in [0.25, 0.3) is 0 Å². The molecule has 88 valence electrons. The van der Waals surface area contributed by atoms with E-state index in [1.165, 1.54) is 0 Å². The molecule has 1 aromatic carbocycles. The number of carboxylic acids is 1. The molecule has 0 fully saturated rings. The van der Waals surface area contributed by atoms with Crippen LogP contribution in [-0.4, -0.2) is 30.8 Å². The highest BCUT2D eigenvalue weighted by Crippen LogP contribution is 2.26. The highest BCUT2D eigenvalue weighted by atomic mass is 79.9. The highest BCUT2D eigenvalue weighted by Gasteiger charge is 2.11. The summed E-state index contributed by atoms with van der Waals surface area (Å²) in [6.07, 6.45) is 0. The lowest BCUT2D eigenvalue weighted by atomic mass is 10.2. The number of carboxylic acid groups (broad SMARTS) is 1. The van der Waals surface area contributed by atoms with E-state index in [0.29, 0.717) is 5.75 Å². The molecule has 0 aromatic heterocycles. The smallest absolute Gasteiger partial charge is 0.322 e. The molecule has 1 unspecified atom stereocenters. The zero-order valence-corrected chi connectivity index (χ0v) is 10.3. The van der Waals surface area contributed by atoms with Crippen molar-refractivity contribution in [1.29, 1.82) is 0 Å². The Labute approximate surface area is 102 Å². The van der Waals surface area contributed by atoms with Crippen molar-refractivity contribution in [3.05, 3.63) is 22.7 Å². The van der Waals surface area contributed by atoms with Gasteiger partial charge in [-0.05, 0) is 28.1 Å². The fourth-order valence-corrected chi connectivity index (χ4v) is 1.46. The second kappa shape index (κ2) is 5.72. The number of nitrogens with two attached hydrogens (primary N) is 1. The third kappa shape index (κ3) is 3.39. The largest absolute Gasteiger partial charge is 0.497 e. The topological polar surface area (TPSA) is 84.6 Å². The van der Waals surface area contributed by atoms with Crippen molar-refractivity contribution < 1.29 is 14.6 Å². The normalized spacial score (nSPS) is 11.9. The van der Waals surface area contributed by atoms with Gasteiger partial charge < -0.3 is 20.9 Å². The predicted molar refractivity (Wildman–Crippen MR) is 64.8 cm³/mol. The number of nitrogens with one attached hydrogen (secondary N) is 1. The molecule has 0 spiro atoms. The Morgan fingerprint density at radius 2 is 2.38 bits per heavy atom. The first-order valence-electron chi connectivity index (χ1n) is 4.60. The average molecular weight is 289 g/mol. The minimum atomic E-state index is -1.04. The fraction of sp³-hybridized carbons (Fsp3) is 0.300. The lowest BCUT2D eigenvalue weighted by Gasteiger charge is -2.12. The van der Waals surface area contributed by atoms with Gasteiger partial charge in [0.25, 0.3) is 0 Å². The second-order valence-corrected chi connectivity index (χ2v) is 4.03. The molecule has 1 rings (SSSR count). The number of hydrogen-bond donors (Lipinski definition) is 3. The molecule has 0 radical (unpaired) electrons. The first-order valence-corrected chi connectivity index (χ1v) is 5.39. The van der Waals surface area contributed by atoms with Crippen molar-refractivity contribution in [3.63, 3.8) is 0 Å². The molecule has 16 heavy (non-hydrogen) atoms. The summed E-state index contributed by atoms with van der Waals surface area (Å²) in [4.78, 5) is 10.5. The second-order valence-electron chi connectivity index (χ2n) is 3.17. The Morgan fingerprint density at radius 1 is 1.69 bits per heavy atom. The monoisotopic (exact) mass is 288 g/mol. The predicted octanol–water partition coefficient (Wildman–Crippen LogP) is 1.28. The Balaban J connectivity index is 2.69. The summed E-state index contributed by atoms with van der Waals surface area (Å²) in [5.41, 5.74) is 6.12. The van der Waals surface area contributed by atoms with Gasteiger partial charge in [0.2, 0.25) is 0 Å². The summed E-state index contributed by atoms with van der Waals surface area (Å²) < 4.78 is 5.88. The average Bonchev–Trinajstić information content (AvgIpc) is 2.27. The molecule has 0 amide bonds. The molecule has 0 heterocycles. The lowest BCUT2D eigenvalue weighted by molar-refractivity contribution is -0.138. The van der Waals surface area contributed by atoms with Crippen LogP contribution in [-0.2, 0) is 4.79 Å². The fourth-order valence-electron chi connectivity index (χ4n) is 1.07. The van der Waals surface area contributed by atoms with Gasteiger partial charge in [-0.2, -0.15) is 0 Å². The first kappa shape index (κ1) is 12.8. The molecule has 0 aliphatic carbocycles. The zero-order valence-electron chi connectivity index (χ0n) is 8.74. The van der Waals surface area contributed by atoms with Crippen molar-refractivity contribution in [1.82, 2.24) is 0 Å². The molecule has 0 aliphatic heterocycles. The maximum absolute atomic E-state index is 10.5. The Bertz CT molecular complexity index is 384. The van der Waals surface area contributed by atoms with Crippen LogP contribution in [0.15, 0.2) is 22.7 Å². The van der Waals surface area contributed by atoms with Gasteiger partial charge in [0.15, 0.2) is 0 Å². The molecule has 5 nitrogen and oxygen atoms in total. The van der Waals surface area contributed by atoms with Crippen molar-refractivity contribution in [2.45, 2.75) is 6.04 Å². The van der Waals surface area contributed by atoms with E-state index in [0.717, 1.165) is 10.2 Å². The lowest BCUT2D eigenvalue weighted by Crippen LogP contribution is -2.36. The maximum atomic E-state index is 10.5. The van der Waals surface area contributed by atoms with Crippen LogP contribution in [0.5, 0.6) is 5.75 Å². The molecular weight excluding hydrogens is 276 g/mol. The number of ether oxygens (including phenoxy) is 1. The van der Waals surface area contributed by atoms with Crippen molar-refractivity contribution >= 4 is 27.6 Å². The molecule has 1 atom stereocenters. The number of methoxy groups -OCH3 is 1. The number of rotatable bonds is 5. The number of hydrogen-bond acceptors (Lipinski definition) is 4. The van der Waals surface area contributed by atoms with Crippen LogP contribution in [0, 0.1) is 0 Å². The summed E-state index contributed by atoms with van der Waals surface area (Å²) in [6.45, 7) is 0.154. The van der Waals surface area contributed by atoms with Gasteiger partial charge >= 0.3 is 5.97 Å². The minimum Gasteiger partial charge on any atom is -0.497 e. The number of aliphatic carboxylic acids is 1. The maximum Gasteiger partial charge on any atom is 0.322 e. The summed E-state index contributed by atoms with van der Waals surface area (Å²) in [5.74, 6) is -0.346. The van der Waals surface area contributed by atoms with Crippen molar-refractivity contribution in [2.75, 3.05) is 19.0 Å². The van der Waals surface area contributed by atoms with Gasteiger partial charge in [-0.1, -0.05) is 0 Å². The number of benzene rings is 1. The Hall–Kier alpha value is -1.27. The van der Waals surface area contributed by atoms with E-state index in [4.69, 9.17) is 15.6 Å². The Kier molecular flexibility index (Phi) is 4.57. The van der Waals surface area contributed by atoms with Crippen LogP contribution in [0.1, 0.15) is 0 Å². The van der Waals surface area contributed by atoms with E-state index in [-0.39, 0.29) is 6.54 Å². The number of halogens is 1. The number of anilines is 1. The third-order valence-corrected chi connectivity index (χ3v) is 2.69. The molecule has 1 aromatic rings. The molecule has 0 saturated heterocycles. The van der Waals surface area contributed by atoms with Crippen molar-refractivity contribution in [3.8, 4) is 5.75 Å². The van der Waals surface area contributed by atoms with E-state index in [1.807, 2.05) is 6.07 Å². The molecule has 0 bridgehead atoms. The molecule has 6 heteroatoms. The van der Waals surface area contributed by atoms with Crippen LogP contribution in [0.2, 0.25) is 0 Å². The zero-order chi connectivity index (χ0) is 12.1. The van der Waals surface area contributed by atoms with Crippen LogP contribution < -0.4 is 15.8 Å². The quantitative estimate of drug-likeness (QED) is 0.760. The van der Waals surface area contributed by atoms with Crippen LogP contribution >= 0.6 is 15.9 Å². The van der Waals surface area contributed by atoms with E-state index >= 15 is 0 Å². The molecule has 0 aliphatic rings. The van der Waals surface area contributed by atoms with E-state index in [1.54, 1.807) is 19.2 Å². The third-order valence-electron chi connectivity index (χ3n) is 2.00. The summed E-state index contributed by atoms with van der Waals surface area (Å²) in [7, 11) is 1.57. The molecular formula is C10H13BrN2O3. The number of carbonyl (C=O) groups is 1. The van der Waals surface area contributed by atoms with Crippen LogP contribution in [0.4, 0.5) is 5.69 Å². The van der Waals surface area contributed by atoms with E-state index in [9.17, 15) is 4.79 Å². The van der Waals surface area contributed by atoms with Gasteiger partial charge in [0.1, 0.15) is 11.8 Å². The first-order chi connectivity index (χ1) is 7.54. The molecule has 4 N–H and O–H groups in total. The summed E-state index contributed by atoms with van der Waals surface area (Å²) in [5, 5.41) is 11.6. The van der Waals surface area contributed by atoms with Gasteiger partial charge in [-0.3, -0.25) is 4.79 Å². The van der Waals surface area contributed by atoms with Crippen molar-refractivity contribution in [2.24, 2.45) is 5.73 Å². The van der Waals surface area contributed by atoms with E-state index < -0.39 is 12.0 Å². The van der Waals surface area contributed by atoms with Gasteiger partial charge in [0.05, 0.1) is 12.8 Å². The minimum absolute atomic E-state index is 0.154. The SMILES string of the molecule is COc1ccc(Br)c(NCC(N)C(=O)O)c1. The molecule has 0 saturated carbocycles. The summed E-state index contributed by atoms with van der Waals surface area (Å²) >= 11 is 3.34. The Morgan fingerprint density at radius 3 is 2.94 bits per heavy atom.